The summed E-state index contributed by atoms with van der Waals surface area (Å²) >= 11 is 4.43. The van der Waals surface area contributed by atoms with Crippen LogP contribution >= 0.6 is 12.6 Å². The van der Waals surface area contributed by atoms with Gasteiger partial charge in [-0.15, -0.1) is 18.1 Å². The number of allylic oxidation sites excluding steroid dienone is 4. The van der Waals surface area contributed by atoms with Gasteiger partial charge in [0.15, 0.2) is 0 Å². The molecule has 32 heavy (non-hydrogen) atoms. The van der Waals surface area contributed by atoms with Gasteiger partial charge in [0.1, 0.15) is 15.7 Å². The van der Waals surface area contributed by atoms with Gasteiger partial charge in [-0.2, -0.15) is 0 Å². The molecule has 0 aliphatic heterocycles. The minimum atomic E-state index is -0.249. The molecule has 0 heterocycles. The lowest BCUT2D eigenvalue weighted by atomic mass is 9.66. The largest absolute Gasteiger partial charge is 0.143 e. The second-order valence-electron chi connectivity index (χ2n) is 9.43. The Morgan fingerprint density at radius 3 is 1.59 bits per heavy atom. The Balaban J connectivity index is 1.77. The summed E-state index contributed by atoms with van der Waals surface area (Å²) in [6.07, 6.45) is 6.10. The molecule has 0 N–H and O–H groups in total. The van der Waals surface area contributed by atoms with Gasteiger partial charge in [0.05, 0.1) is 0 Å². The summed E-state index contributed by atoms with van der Waals surface area (Å²) in [5, 5.41) is 0. The Morgan fingerprint density at radius 1 is 0.625 bits per heavy atom. The number of hydrogen-bond acceptors (Lipinski definition) is 1. The Hall–Kier alpha value is -2.38. The summed E-state index contributed by atoms with van der Waals surface area (Å²) in [6, 6.07) is 25.8. The lowest BCUT2D eigenvalue weighted by molar-refractivity contribution is 0.623. The van der Waals surface area contributed by atoms with Gasteiger partial charge in [0.25, 0.3) is 0 Å². The van der Waals surface area contributed by atoms with E-state index in [2.05, 4.69) is 106 Å². The third-order valence-corrected chi connectivity index (χ3v) is 7.38. The van der Waals surface area contributed by atoms with Gasteiger partial charge in [-0.25, -0.2) is 0 Å². The van der Waals surface area contributed by atoms with E-state index in [1.807, 2.05) is 12.1 Å². The van der Waals surface area contributed by atoms with Crippen LogP contribution in [0.2, 0.25) is 0 Å². The molecule has 1 aliphatic rings. The molecule has 1 unspecified atom stereocenters. The van der Waals surface area contributed by atoms with Crippen LogP contribution in [0.3, 0.4) is 0 Å². The van der Waals surface area contributed by atoms with Gasteiger partial charge in [-0.1, -0.05) is 97.7 Å². The van der Waals surface area contributed by atoms with Gasteiger partial charge in [0, 0.05) is 15.7 Å². The molecule has 4 radical (unpaired) electrons. The van der Waals surface area contributed by atoms with Gasteiger partial charge in [-0.05, 0) is 54.2 Å². The van der Waals surface area contributed by atoms with Crippen molar-refractivity contribution < 1.29 is 0 Å². The van der Waals surface area contributed by atoms with E-state index in [-0.39, 0.29) is 10.8 Å². The summed E-state index contributed by atoms with van der Waals surface area (Å²) in [7, 11) is 12.1. The highest BCUT2D eigenvalue weighted by Gasteiger charge is 2.34. The van der Waals surface area contributed by atoms with Crippen molar-refractivity contribution in [1.29, 1.82) is 0 Å². The fourth-order valence-corrected chi connectivity index (χ4v) is 4.84. The normalized spacial score (nSPS) is 16.1. The molecule has 3 aromatic carbocycles. The van der Waals surface area contributed by atoms with Gasteiger partial charge < -0.3 is 0 Å². The van der Waals surface area contributed by atoms with Crippen LogP contribution in [-0.2, 0) is 10.8 Å². The maximum atomic E-state index is 6.06. The predicted molar refractivity (Wildman–Crippen MR) is 142 cm³/mol. The molecule has 0 saturated carbocycles. The Labute approximate surface area is 201 Å². The lowest BCUT2D eigenvalue weighted by Gasteiger charge is -2.36. The van der Waals surface area contributed by atoms with E-state index in [1.54, 1.807) is 0 Å². The first-order valence-electron chi connectivity index (χ1n) is 11.1. The molecule has 0 nitrogen and oxygen atoms in total. The van der Waals surface area contributed by atoms with E-state index >= 15 is 0 Å². The predicted octanol–water partition coefficient (Wildman–Crippen LogP) is 6.17. The molecule has 3 aromatic rings. The number of hydrogen-bond donors (Lipinski definition) is 1. The van der Waals surface area contributed by atoms with Crippen molar-refractivity contribution in [2.45, 2.75) is 49.3 Å². The number of thiol groups is 1. The third-order valence-electron chi connectivity index (χ3n) is 7.08. The highest BCUT2D eigenvalue weighted by Crippen LogP contribution is 2.43. The zero-order valence-corrected chi connectivity index (χ0v) is 20.0. The molecule has 156 valence electrons. The molecule has 1 aliphatic carbocycles. The van der Waals surface area contributed by atoms with Gasteiger partial charge >= 0.3 is 0 Å². The zero-order chi connectivity index (χ0) is 22.9. The molecule has 0 fully saturated rings. The first-order chi connectivity index (χ1) is 15.2. The standard InChI is InChI=1S/C29H28B2S/c1-28(2,21-12-18-27(32)19-13-21)20-4-6-22(7-5-20)29(3,23-8-14-25(30)15-9-23)24-10-16-26(31)17-11-24/h4-10,12-16,18-19,32H,11,17H2,1-3H3. The summed E-state index contributed by atoms with van der Waals surface area (Å²) in [5.74, 6) is 0. The van der Waals surface area contributed by atoms with Crippen LogP contribution in [0.25, 0.3) is 0 Å². The highest BCUT2D eigenvalue weighted by atomic mass is 32.1. The van der Waals surface area contributed by atoms with Crippen LogP contribution in [-0.4, -0.2) is 15.7 Å². The van der Waals surface area contributed by atoms with Crippen LogP contribution in [0.1, 0.15) is 55.9 Å². The number of rotatable bonds is 5. The molecular weight excluding hydrogens is 402 g/mol. The minimum absolute atomic E-state index is 0.0983. The molecule has 0 spiro atoms. The van der Waals surface area contributed by atoms with E-state index in [0.29, 0.717) is 0 Å². The fraction of sp³-hybridized carbons (Fsp3) is 0.241. The summed E-state index contributed by atoms with van der Waals surface area (Å²) in [6.45, 7) is 6.85. The number of benzene rings is 3. The van der Waals surface area contributed by atoms with Crippen molar-refractivity contribution in [3.05, 3.63) is 118 Å². The van der Waals surface area contributed by atoms with Crippen molar-refractivity contribution in [1.82, 2.24) is 0 Å². The van der Waals surface area contributed by atoms with Crippen molar-refractivity contribution in [2.75, 3.05) is 0 Å². The van der Waals surface area contributed by atoms with E-state index in [4.69, 9.17) is 15.7 Å². The minimum Gasteiger partial charge on any atom is -0.143 e. The fourth-order valence-electron chi connectivity index (χ4n) is 4.69. The second-order valence-corrected chi connectivity index (χ2v) is 9.95. The van der Waals surface area contributed by atoms with Gasteiger partial charge in [-0.3, -0.25) is 0 Å². The third kappa shape index (κ3) is 4.28. The van der Waals surface area contributed by atoms with Gasteiger partial charge in [0.2, 0.25) is 0 Å². The summed E-state index contributed by atoms with van der Waals surface area (Å²) in [4.78, 5) is 0.981. The molecule has 0 aromatic heterocycles. The molecular formula is C29H28B2S. The average molecular weight is 430 g/mol. The van der Waals surface area contributed by atoms with Crippen LogP contribution < -0.4 is 5.46 Å². The smallest absolute Gasteiger partial charge is 0.113 e. The van der Waals surface area contributed by atoms with Crippen LogP contribution in [0.15, 0.2) is 101 Å². The summed E-state index contributed by atoms with van der Waals surface area (Å²) < 4.78 is 0. The van der Waals surface area contributed by atoms with E-state index < -0.39 is 0 Å². The van der Waals surface area contributed by atoms with E-state index in [9.17, 15) is 0 Å². The molecule has 0 saturated heterocycles. The average Bonchev–Trinajstić information content (AvgIpc) is 2.80. The maximum absolute atomic E-state index is 6.06. The molecule has 0 bridgehead atoms. The highest BCUT2D eigenvalue weighted by molar-refractivity contribution is 7.80. The Morgan fingerprint density at radius 2 is 1.09 bits per heavy atom. The van der Waals surface area contributed by atoms with Crippen LogP contribution in [0.4, 0.5) is 0 Å². The quantitative estimate of drug-likeness (QED) is 0.363. The lowest BCUT2D eigenvalue weighted by Crippen LogP contribution is -2.28. The van der Waals surface area contributed by atoms with Crippen LogP contribution in [0, 0.1) is 0 Å². The Bertz CT molecular complexity index is 1150. The van der Waals surface area contributed by atoms with Crippen molar-refractivity contribution in [3.8, 4) is 0 Å². The SMILES string of the molecule is [B]C1=CC=C(C(C)(c2ccc([B])cc2)c2ccc(C(C)(C)c3ccc(S)cc3)cc2)CC1. The molecule has 3 heteroatoms. The molecule has 4 rings (SSSR count). The first kappa shape index (κ1) is 22.8. The van der Waals surface area contributed by atoms with Crippen molar-refractivity contribution in [3.63, 3.8) is 0 Å². The zero-order valence-electron chi connectivity index (χ0n) is 19.1. The van der Waals surface area contributed by atoms with E-state index in [1.165, 1.54) is 27.8 Å². The maximum Gasteiger partial charge on any atom is 0.113 e. The van der Waals surface area contributed by atoms with E-state index in [0.717, 1.165) is 28.7 Å². The first-order valence-corrected chi connectivity index (χ1v) is 11.6. The van der Waals surface area contributed by atoms with Crippen molar-refractivity contribution >= 4 is 33.8 Å². The molecule has 1 atom stereocenters. The monoisotopic (exact) mass is 430 g/mol. The summed E-state index contributed by atoms with van der Waals surface area (Å²) in [5.41, 5.74) is 7.82. The topological polar surface area (TPSA) is 0 Å². The molecule has 0 amide bonds. The van der Waals surface area contributed by atoms with Crippen LogP contribution in [0.5, 0.6) is 0 Å². The Kier molecular flexibility index (Phi) is 6.32. The second kappa shape index (κ2) is 8.87. The van der Waals surface area contributed by atoms with Crippen molar-refractivity contribution in [2.24, 2.45) is 0 Å².